The van der Waals surface area contributed by atoms with Crippen LogP contribution in [0.3, 0.4) is 0 Å². The van der Waals surface area contributed by atoms with Crippen molar-refractivity contribution in [1.29, 1.82) is 0 Å². The number of hydrogen-bond donors (Lipinski definition) is 1. The van der Waals surface area contributed by atoms with Gasteiger partial charge in [-0.25, -0.2) is 0 Å². The van der Waals surface area contributed by atoms with Gasteiger partial charge in [0.05, 0.1) is 5.69 Å². The van der Waals surface area contributed by atoms with E-state index in [0.29, 0.717) is 6.04 Å². The normalized spacial score (nSPS) is 25.2. The Hall–Kier alpha value is -0.540. The zero-order valence-corrected chi connectivity index (χ0v) is 11.0. The van der Waals surface area contributed by atoms with E-state index in [-0.39, 0.29) is 0 Å². The minimum absolute atomic E-state index is 0.658. The molecule has 2 unspecified atom stereocenters. The van der Waals surface area contributed by atoms with Crippen molar-refractivity contribution in [3.05, 3.63) is 16.4 Å². The highest BCUT2D eigenvalue weighted by Gasteiger charge is 2.21. The summed E-state index contributed by atoms with van der Waals surface area (Å²) in [7, 11) is 1.89. The fourth-order valence-corrected chi connectivity index (χ4v) is 2.75. The zero-order chi connectivity index (χ0) is 11.7. The van der Waals surface area contributed by atoms with Crippen molar-refractivity contribution in [3.8, 4) is 0 Å². The highest BCUT2D eigenvalue weighted by atomic mass is 35.5. The van der Waals surface area contributed by atoms with E-state index in [0.717, 1.165) is 28.9 Å². The summed E-state index contributed by atoms with van der Waals surface area (Å²) in [4.78, 5) is 0. The van der Waals surface area contributed by atoms with Gasteiger partial charge in [0.2, 0.25) is 0 Å². The molecule has 3 nitrogen and oxygen atoms in total. The van der Waals surface area contributed by atoms with Gasteiger partial charge >= 0.3 is 0 Å². The molecule has 1 heterocycles. The predicted octanol–water partition coefficient (Wildman–Crippen LogP) is 2.66. The number of halogens is 1. The maximum Gasteiger partial charge on any atom is 0.131 e. The molecule has 2 atom stereocenters. The van der Waals surface area contributed by atoms with E-state index in [1.807, 2.05) is 14.0 Å². The Labute approximate surface area is 102 Å². The predicted molar refractivity (Wildman–Crippen MR) is 66.6 cm³/mol. The van der Waals surface area contributed by atoms with Crippen LogP contribution in [0.15, 0.2) is 0 Å². The second kappa shape index (κ2) is 4.76. The number of rotatable bonds is 3. The van der Waals surface area contributed by atoms with Crippen molar-refractivity contribution in [2.75, 3.05) is 0 Å². The lowest BCUT2D eigenvalue weighted by atomic mass is 10.1. The molecule has 0 amide bonds. The molecule has 0 bridgehead atoms. The van der Waals surface area contributed by atoms with Crippen LogP contribution in [0.5, 0.6) is 0 Å². The highest BCUT2D eigenvalue weighted by Crippen LogP contribution is 2.25. The first-order valence-corrected chi connectivity index (χ1v) is 6.37. The van der Waals surface area contributed by atoms with Gasteiger partial charge in [-0.2, -0.15) is 5.10 Å². The van der Waals surface area contributed by atoms with Gasteiger partial charge in [-0.1, -0.05) is 18.5 Å². The topological polar surface area (TPSA) is 29.9 Å². The van der Waals surface area contributed by atoms with Crippen LogP contribution in [0.1, 0.15) is 37.4 Å². The number of aryl methyl sites for hydroxylation is 2. The van der Waals surface area contributed by atoms with Crippen molar-refractivity contribution in [2.45, 2.75) is 45.7 Å². The summed E-state index contributed by atoms with van der Waals surface area (Å²) in [5.74, 6) is 0.864. The second-order valence-electron chi connectivity index (χ2n) is 4.97. The first kappa shape index (κ1) is 11.9. The molecule has 1 fully saturated rings. The number of nitrogens with one attached hydrogen (secondary N) is 1. The van der Waals surface area contributed by atoms with Gasteiger partial charge in [0, 0.05) is 25.2 Å². The maximum atomic E-state index is 6.19. The van der Waals surface area contributed by atoms with Crippen molar-refractivity contribution in [1.82, 2.24) is 15.1 Å². The Kier molecular flexibility index (Phi) is 3.55. The summed E-state index contributed by atoms with van der Waals surface area (Å²) >= 11 is 6.19. The van der Waals surface area contributed by atoms with Crippen LogP contribution in [0, 0.1) is 12.8 Å². The largest absolute Gasteiger partial charge is 0.310 e. The average Bonchev–Trinajstić information content (AvgIpc) is 2.72. The summed E-state index contributed by atoms with van der Waals surface area (Å²) in [6.07, 6.45) is 3.92. The fraction of sp³-hybridized carbons (Fsp3) is 0.750. The molecule has 1 aromatic rings. The molecule has 90 valence electrons. The van der Waals surface area contributed by atoms with Crippen molar-refractivity contribution >= 4 is 11.6 Å². The first-order valence-electron chi connectivity index (χ1n) is 5.99. The highest BCUT2D eigenvalue weighted by molar-refractivity contribution is 6.30. The Morgan fingerprint density at radius 1 is 1.50 bits per heavy atom. The van der Waals surface area contributed by atoms with Crippen molar-refractivity contribution in [2.24, 2.45) is 13.0 Å². The first-order chi connectivity index (χ1) is 7.58. The minimum Gasteiger partial charge on any atom is -0.310 e. The van der Waals surface area contributed by atoms with Crippen LogP contribution in [0.25, 0.3) is 0 Å². The van der Waals surface area contributed by atoms with Crippen LogP contribution in [0.4, 0.5) is 0 Å². The molecule has 0 aliphatic heterocycles. The molecule has 16 heavy (non-hydrogen) atoms. The molecule has 0 spiro atoms. The van der Waals surface area contributed by atoms with Crippen LogP contribution < -0.4 is 5.32 Å². The third-order valence-corrected chi connectivity index (χ3v) is 4.00. The fourth-order valence-electron chi connectivity index (χ4n) is 2.51. The summed E-state index contributed by atoms with van der Waals surface area (Å²) in [6, 6.07) is 0.658. The van der Waals surface area contributed by atoms with E-state index in [1.165, 1.54) is 19.3 Å². The van der Waals surface area contributed by atoms with Gasteiger partial charge in [0.25, 0.3) is 0 Å². The Morgan fingerprint density at radius 3 is 2.75 bits per heavy atom. The summed E-state index contributed by atoms with van der Waals surface area (Å²) in [5, 5.41) is 8.66. The van der Waals surface area contributed by atoms with Gasteiger partial charge in [-0.05, 0) is 32.1 Å². The number of aromatic nitrogens is 2. The van der Waals surface area contributed by atoms with E-state index in [1.54, 1.807) is 4.68 Å². The van der Waals surface area contributed by atoms with Gasteiger partial charge in [0.1, 0.15) is 5.15 Å². The molecule has 1 aliphatic carbocycles. The van der Waals surface area contributed by atoms with Crippen LogP contribution in [-0.2, 0) is 13.6 Å². The SMILES string of the molecule is Cc1nn(C)c(Cl)c1CNC1CCC(C)C1. The molecule has 1 aliphatic rings. The molecular formula is C12H20ClN3. The van der Waals surface area contributed by atoms with Gasteiger partial charge < -0.3 is 5.32 Å². The molecule has 0 radical (unpaired) electrons. The van der Waals surface area contributed by atoms with E-state index in [4.69, 9.17) is 11.6 Å². The van der Waals surface area contributed by atoms with Gasteiger partial charge in [-0.3, -0.25) is 4.68 Å². The Balaban J connectivity index is 1.94. The van der Waals surface area contributed by atoms with Crippen LogP contribution >= 0.6 is 11.6 Å². The standard InChI is InChI=1S/C12H20ClN3/c1-8-4-5-10(6-8)14-7-11-9(2)15-16(3)12(11)13/h8,10,14H,4-7H2,1-3H3. The van der Waals surface area contributed by atoms with Crippen molar-refractivity contribution in [3.63, 3.8) is 0 Å². The molecule has 4 heteroatoms. The molecule has 0 saturated heterocycles. The van der Waals surface area contributed by atoms with Gasteiger partial charge in [-0.15, -0.1) is 0 Å². The third-order valence-electron chi connectivity index (χ3n) is 3.53. The van der Waals surface area contributed by atoms with E-state index in [2.05, 4.69) is 17.3 Å². The Morgan fingerprint density at radius 2 is 2.25 bits per heavy atom. The van der Waals surface area contributed by atoms with Crippen LogP contribution in [-0.4, -0.2) is 15.8 Å². The monoisotopic (exact) mass is 241 g/mol. The summed E-state index contributed by atoms with van der Waals surface area (Å²) in [6.45, 7) is 5.18. The molecule has 1 aromatic heterocycles. The molecule has 1 saturated carbocycles. The van der Waals surface area contributed by atoms with Gasteiger partial charge in [0.15, 0.2) is 0 Å². The van der Waals surface area contributed by atoms with E-state index >= 15 is 0 Å². The van der Waals surface area contributed by atoms with E-state index in [9.17, 15) is 0 Å². The average molecular weight is 242 g/mol. The lowest BCUT2D eigenvalue weighted by Crippen LogP contribution is -2.26. The lowest BCUT2D eigenvalue weighted by Gasteiger charge is -2.12. The zero-order valence-electron chi connectivity index (χ0n) is 10.3. The Bertz CT molecular complexity index is 373. The molecule has 2 rings (SSSR count). The smallest absolute Gasteiger partial charge is 0.131 e. The summed E-state index contributed by atoms with van der Waals surface area (Å²) < 4.78 is 1.74. The molecular weight excluding hydrogens is 222 g/mol. The number of nitrogens with zero attached hydrogens (tertiary/aromatic N) is 2. The lowest BCUT2D eigenvalue weighted by molar-refractivity contribution is 0.501. The second-order valence-corrected chi connectivity index (χ2v) is 5.33. The quantitative estimate of drug-likeness (QED) is 0.882. The molecule has 1 N–H and O–H groups in total. The maximum absolute atomic E-state index is 6.19. The third kappa shape index (κ3) is 2.41. The van der Waals surface area contributed by atoms with E-state index < -0.39 is 0 Å². The van der Waals surface area contributed by atoms with Crippen molar-refractivity contribution < 1.29 is 0 Å². The minimum atomic E-state index is 0.658. The molecule has 0 aromatic carbocycles. The summed E-state index contributed by atoms with van der Waals surface area (Å²) in [5.41, 5.74) is 2.18. The van der Waals surface area contributed by atoms with Crippen LogP contribution in [0.2, 0.25) is 5.15 Å². The number of hydrogen-bond acceptors (Lipinski definition) is 2.